The quantitative estimate of drug-likeness (QED) is 0.563. The van der Waals surface area contributed by atoms with E-state index in [4.69, 9.17) is 19.3 Å². The maximum absolute atomic E-state index is 9.25. The van der Waals surface area contributed by atoms with Crippen LogP contribution in [-0.2, 0) is 14.2 Å². The largest absolute Gasteiger partial charge is 0.394 e. The van der Waals surface area contributed by atoms with Crippen LogP contribution in [0.4, 0.5) is 0 Å². The Morgan fingerprint density at radius 1 is 1.25 bits per heavy atom. The Bertz CT molecular complexity index is 140. The molecular weight excluding hydrogens is 164 g/mol. The van der Waals surface area contributed by atoms with Gasteiger partial charge in [-0.1, -0.05) is 0 Å². The predicted molar refractivity (Wildman–Crippen MR) is 39.6 cm³/mol. The van der Waals surface area contributed by atoms with Gasteiger partial charge in [0, 0.05) is 14.2 Å². The van der Waals surface area contributed by atoms with Gasteiger partial charge in [0.2, 0.25) is 0 Å². The topological polar surface area (TPSA) is 68.2 Å². The van der Waals surface area contributed by atoms with Crippen LogP contribution in [0.15, 0.2) is 0 Å². The van der Waals surface area contributed by atoms with Crippen LogP contribution in [0.5, 0.6) is 0 Å². The van der Waals surface area contributed by atoms with Crippen LogP contribution in [0.25, 0.3) is 0 Å². The van der Waals surface area contributed by atoms with Crippen molar-refractivity contribution in [3.8, 4) is 0 Å². The van der Waals surface area contributed by atoms with Gasteiger partial charge in [-0.25, -0.2) is 0 Å². The van der Waals surface area contributed by atoms with E-state index in [0.717, 1.165) is 0 Å². The molecule has 12 heavy (non-hydrogen) atoms. The van der Waals surface area contributed by atoms with Crippen LogP contribution < -0.4 is 0 Å². The van der Waals surface area contributed by atoms with Gasteiger partial charge >= 0.3 is 0 Å². The van der Waals surface area contributed by atoms with Gasteiger partial charge in [0.15, 0.2) is 6.29 Å². The molecular formula is C7H14O5. The van der Waals surface area contributed by atoms with Crippen molar-refractivity contribution in [1.29, 1.82) is 0 Å². The van der Waals surface area contributed by atoms with Gasteiger partial charge in [-0.3, -0.25) is 0 Å². The average molecular weight is 178 g/mol. The van der Waals surface area contributed by atoms with Crippen molar-refractivity contribution in [2.75, 3.05) is 20.8 Å². The second-order valence-electron chi connectivity index (χ2n) is 2.65. The fourth-order valence-corrected chi connectivity index (χ4v) is 1.39. The molecule has 2 unspecified atom stereocenters. The zero-order valence-electron chi connectivity index (χ0n) is 7.14. The zero-order chi connectivity index (χ0) is 9.14. The third-order valence-corrected chi connectivity index (χ3v) is 2.01. The average Bonchev–Trinajstić information content (AvgIpc) is 2.40. The Hall–Kier alpha value is -0.200. The molecule has 72 valence electrons. The van der Waals surface area contributed by atoms with Crippen molar-refractivity contribution < 1.29 is 24.4 Å². The van der Waals surface area contributed by atoms with Crippen molar-refractivity contribution in [2.24, 2.45) is 0 Å². The lowest BCUT2D eigenvalue weighted by Crippen LogP contribution is -2.37. The molecule has 0 aliphatic carbocycles. The Balaban J connectivity index is 2.61. The summed E-state index contributed by atoms with van der Waals surface area (Å²) in [7, 11) is 2.95. The van der Waals surface area contributed by atoms with E-state index in [1.54, 1.807) is 0 Å². The maximum Gasteiger partial charge on any atom is 0.184 e. The maximum atomic E-state index is 9.25. The van der Waals surface area contributed by atoms with Crippen molar-refractivity contribution in [3.05, 3.63) is 0 Å². The molecule has 0 aromatic rings. The molecule has 0 spiro atoms. The molecule has 0 saturated carbocycles. The van der Waals surface area contributed by atoms with Gasteiger partial charge in [-0.05, 0) is 0 Å². The molecule has 1 aliphatic heterocycles. The molecule has 0 aromatic heterocycles. The number of hydrogen-bond acceptors (Lipinski definition) is 5. The molecule has 0 bridgehead atoms. The number of methoxy groups -OCH3 is 2. The fourth-order valence-electron chi connectivity index (χ4n) is 1.39. The highest BCUT2D eigenvalue weighted by Crippen LogP contribution is 2.23. The molecule has 5 nitrogen and oxygen atoms in total. The van der Waals surface area contributed by atoms with Crippen molar-refractivity contribution >= 4 is 0 Å². The molecule has 1 rings (SSSR count). The zero-order valence-corrected chi connectivity index (χ0v) is 7.14. The minimum Gasteiger partial charge on any atom is -0.394 e. The van der Waals surface area contributed by atoms with Crippen LogP contribution >= 0.6 is 0 Å². The van der Waals surface area contributed by atoms with Gasteiger partial charge < -0.3 is 24.4 Å². The van der Waals surface area contributed by atoms with E-state index in [2.05, 4.69) is 0 Å². The minimum absolute atomic E-state index is 0.185. The second kappa shape index (κ2) is 4.15. The van der Waals surface area contributed by atoms with E-state index in [1.807, 2.05) is 0 Å². The normalized spacial score (nSPS) is 42.0. The van der Waals surface area contributed by atoms with Crippen molar-refractivity contribution in [3.63, 3.8) is 0 Å². The van der Waals surface area contributed by atoms with E-state index >= 15 is 0 Å². The lowest BCUT2D eigenvalue weighted by molar-refractivity contribution is -0.140. The highest BCUT2D eigenvalue weighted by Gasteiger charge is 2.44. The number of aliphatic hydroxyl groups is 2. The second-order valence-corrected chi connectivity index (χ2v) is 2.65. The first-order chi connectivity index (χ1) is 5.74. The summed E-state index contributed by atoms with van der Waals surface area (Å²) in [5.41, 5.74) is 0. The van der Waals surface area contributed by atoms with E-state index < -0.39 is 24.6 Å². The lowest BCUT2D eigenvalue weighted by Gasteiger charge is -2.18. The smallest absolute Gasteiger partial charge is 0.184 e. The summed E-state index contributed by atoms with van der Waals surface area (Å²) in [6.45, 7) is -0.185. The highest BCUT2D eigenvalue weighted by molar-refractivity contribution is 4.87. The van der Waals surface area contributed by atoms with Crippen LogP contribution in [0.3, 0.4) is 0 Å². The molecule has 0 aromatic carbocycles. The predicted octanol–water partition coefficient (Wildman–Crippen LogP) is -1.27. The lowest BCUT2D eigenvalue weighted by atomic mass is 10.1. The van der Waals surface area contributed by atoms with E-state index in [-0.39, 0.29) is 6.61 Å². The standard InChI is InChI=1S/C7H14O5/c1-10-5-4(3-8)12-7(9)6(5)11-2/h4-9H,3H2,1-2H3/t4?,5-,6-,7?/m0/s1. The highest BCUT2D eigenvalue weighted by atomic mass is 16.7. The molecule has 4 atom stereocenters. The van der Waals surface area contributed by atoms with Gasteiger partial charge in [-0.15, -0.1) is 0 Å². The summed E-state index contributed by atoms with van der Waals surface area (Å²) >= 11 is 0. The van der Waals surface area contributed by atoms with Gasteiger partial charge in [-0.2, -0.15) is 0 Å². The number of ether oxygens (including phenoxy) is 3. The first-order valence-electron chi connectivity index (χ1n) is 3.74. The summed E-state index contributed by atoms with van der Waals surface area (Å²) < 4.78 is 14.9. The molecule has 1 saturated heterocycles. The van der Waals surface area contributed by atoms with Crippen LogP contribution in [0.2, 0.25) is 0 Å². The SMILES string of the molecule is CO[C@@H]1C(O)OC(CO)[C@@H]1OC. The summed E-state index contributed by atoms with van der Waals surface area (Å²) in [4.78, 5) is 0. The first-order valence-corrected chi connectivity index (χ1v) is 3.74. The van der Waals surface area contributed by atoms with Crippen molar-refractivity contribution in [2.45, 2.75) is 24.6 Å². The molecule has 1 heterocycles. The number of rotatable bonds is 3. The van der Waals surface area contributed by atoms with Crippen LogP contribution in [0, 0.1) is 0 Å². The third-order valence-electron chi connectivity index (χ3n) is 2.01. The van der Waals surface area contributed by atoms with Gasteiger partial charge in [0.25, 0.3) is 0 Å². The fraction of sp³-hybridized carbons (Fsp3) is 1.00. The van der Waals surface area contributed by atoms with E-state index in [1.165, 1.54) is 14.2 Å². The Labute approximate surface area is 70.9 Å². The summed E-state index contributed by atoms with van der Waals surface area (Å²) in [6.07, 6.45) is -2.45. The van der Waals surface area contributed by atoms with E-state index in [9.17, 15) is 5.11 Å². The third kappa shape index (κ3) is 1.60. The molecule has 1 aliphatic rings. The summed E-state index contributed by atoms with van der Waals surface area (Å²) in [5, 5.41) is 18.1. The molecule has 0 radical (unpaired) electrons. The van der Waals surface area contributed by atoms with Crippen LogP contribution in [0.1, 0.15) is 0 Å². The number of hydrogen-bond donors (Lipinski definition) is 2. The van der Waals surface area contributed by atoms with E-state index in [0.29, 0.717) is 0 Å². The number of aliphatic hydroxyl groups excluding tert-OH is 2. The molecule has 1 fully saturated rings. The van der Waals surface area contributed by atoms with Crippen molar-refractivity contribution in [1.82, 2.24) is 0 Å². The summed E-state index contributed by atoms with van der Waals surface area (Å²) in [5.74, 6) is 0. The Morgan fingerprint density at radius 2 is 1.83 bits per heavy atom. The monoisotopic (exact) mass is 178 g/mol. The van der Waals surface area contributed by atoms with Gasteiger partial charge in [0.1, 0.15) is 18.3 Å². The molecule has 5 heteroatoms. The molecule has 2 N–H and O–H groups in total. The first kappa shape index (κ1) is 9.88. The molecule has 0 amide bonds. The minimum atomic E-state index is -1.02. The Morgan fingerprint density at radius 3 is 2.25 bits per heavy atom. The van der Waals surface area contributed by atoms with Crippen LogP contribution in [-0.4, -0.2) is 55.6 Å². The van der Waals surface area contributed by atoms with Gasteiger partial charge in [0.05, 0.1) is 6.61 Å². The summed E-state index contributed by atoms with van der Waals surface area (Å²) in [6, 6.07) is 0. The Kier molecular flexibility index (Phi) is 3.42.